The van der Waals surface area contributed by atoms with Crippen molar-refractivity contribution in [3.8, 4) is 5.75 Å². The number of alkyl halides is 1. The molecule has 1 atom stereocenters. The van der Waals surface area contributed by atoms with Crippen LogP contribution in [0.2, 0.25) is 0 Å². The van der Waals surface area contributed by atoms with Crippen molar-refractivity contribution in [2.24, 2.45) is 0 Å². The van der Waals surface area contributed by atoms with E-state index in [2.05, 4.69) is 21.2 Å². The molecule has 20 heavy (non-hydrogen) atoms. The first-order valence-corrected chi connectivity index (χ1v) is 7.34. The van der Waals surface area contributed by atoms with Crippen LogP contribution in [0.1, 0.15) is 30.1 Å². The van der Waals surface area contributed by atoms with Gasteiger partial charge in [0.1, 0.15) is 0 Å². The number of hydrogen-bond donors (Lipinski definition) is 1. The quantitative estimate of drug-likeness (QED) is 0.468. The van der Waals surface area contributed by atoms with Gasteiger partial charge >= 0.3 is 5.69 Å². The third-order valence-electron chi connectivity index (χ3n) is 2.92. The second-order valence-corrected chi connectivity index (χ2v) is 4.99. The van der Waals surface area contributed by atoms with Crippen LogP contribution >= 0.6 is 15.9 Å². The van der Waals surface area contributed by atoms with E-state index in [0.717, 1.165) is 18.2 Å². The zero-order valence-electron chi connectivity index (χ0n) is 11.4. The summed E-state index contributed by atoms with van der Waals surface area (Å²) >= 11 is 3.34. The average Bonchev–Trinajstić information content (AvgIpc) is 2.45. The number of hydrogen-bond acceptors (Lipinski definition) is 4. The number of rotatable bonds is 7. The van der Waals surface area contributed by atoms with Crippen molar-refractivity contribution in [1.82, 2.24) is 5.32 Å². The summed E-state index contributed by atoms with van der Waals surface area (Å²) in [7, 11) is 1.34. The molecular weight excluding hydrogens is 328 g/mol. The minimum Gasteiger partial charge on any atom is -0.490 e. The summed E-state index contributed by atoms with van der Waals surface area (Å²) in [5, 5.41) is 14.5. The topological polar surface area (TPSA) is 81.5 Å². The van der Waals surface area contributed by atoms with E-state index >= 15 is 0 Å². The van der Waals surface area contributed by atoms with Crippen molar-refractivity contribution in [3.05, 3.63) is 33.9 Å². The van der Waals surface area contributed by atoms with Gasteiger partial charge in [-0.3, -0.25) is 14.9 Å². The van der Waals surface area contributed by atoms with Crippen molar-refractivity contribution in [2.75, 3.05) is 12.4 Å². The highest BCUT2D eigenvalue weighted by Gasteiger charge is 2.18. The molecule has 0 aliphatic carbocycles. The predicted molar refractivity (Wildman–Crippen MR) is 79.6 cm³/mol. The van der Waals surface area contributed by atoms with Gasteiger partial charge in [0.25, 0.3) is 5.91 Å². The maximum absolute atomic E-state index is 12.1. The second-order valence-electron chi connectivity index (χ2n) is 4.20. The SMILES string of the molecule is CCC(CCBr)NC(=O)c1ccc([N+](=O)[O-])c(OC)c1. The Labute approximate surface area is 125 Å². The number of carbonyl (C=O) groups excluding carboxylic acids is 1. The van der Waals surface area contributed by atoms with E-state index in [0.29, 0.717) is 5.56 Å². The maximum Gasteiger partial charge on any atom is 0.310 e. The summed E-state index contributed by atoms with van der Waals surface area (Å²) in [5.41, 5.74) is 0.192. The average molecular weight is 345 g/mol. The van der Waals surface area contributed by atoms with Gasteiger partial charge in [-0.2, -0.15) is 0 Å². The minimum atomic E-state index is -0.541. The van der Waals surface area contributed by atoms with Crippen LogP contribution < -0.4 is 10.1 Å². The number of halogens is 1. The molecule has 0 bridgehead atoms. The molecule has 0 radical (unpaired) electrons. The second kappa shape index (κ2) is 7.84. The zero-order valence-corrected chi connectivity index (χ0v) is 13.0. The van der Waals surface area contributed by atoms with E-state index in [1.807, 2.05) is 6.92 Å². The van der Waals surface area contributed by atoms with E-state index in [-0.39, 0.29) is 23.4 Å². The van der Waals surface area contributed by atoms with Crippen LogP contribution in [0.5, 0.6) is 5.75 Å². The number of nitrogens with zero attached hydrogens (tertiary/aromatic N) is 1. The Morgan fingerprint density at radius 1 is 1.55 bits per heavy atom. The van der Waals surface area contributed by atoms with Crippen LogP contribution in [-0.2, 0) is 0 Å². The van der Waals surface area contributed by atoms with Crippen molar-refractivity contribution >= 4 is 27.5 Å². The van der Waals surface area contributed by atoms with Gasteiger partial charge < -0.3 is 10.1 Å². The highest BCUT2D eigenvalue weighted by Crippen LogP contribution is 2.27. The highest BCUT2D eigenvalue weighted by molar-refractivity contribution is 9.09. The van der Waals surface area contributed by atoms with E-state index < -0.39 is 4.92 Å². The van der Waals surface area contributed by atoms with Gasteiger partial charge in [-0.1, -0.05) is 22.9 Å². The van der Waals surface area contributed by atoms with Crippen LogP contribution in [0.15, 0.2) is 18.2 Å². The van der Waals surface area contributed by atoms with Gasteiger partial charge in [0.2, 0.25) is 0 Å². The van der Waals surface area contributed by atoms with Gasteiger partial charge in [-0.15, -0.1) is 0 Å². The summed E-state index contributed by atoms with van der Waals surface area (Å²) in [6.07, 6.45) is 1.65. The molecule has 1 amide bonds. The normalized spacial score (nSPS) is 11.8. The molecule has 0 aromatic heterocycles. The first kappa shape index (κ1) is 16.4. The van der Waals surface area contributed by atoms with Crippen LogP contribution in [0.4, 0.5) is 5.69 Å². The molecule has 1 aromatic rings. The standard InChI is InChI=1S/C13H17BrN2O4/c1-3-10(6-7-14)15-13(17)9-4-5-11(16(18)19)12(8-9)20-2/h4-5,8,10H,3,6-7H2,1-2H3,(H,15,17). The minimum absolute atomic E-state index is 0.0723. The van der Waals surface area contributed by atoms with E-state index in [1.165, 1.54) is 25.3 Å². The maximum atomic E-state index is 12.1. The van der Waals surface area contributed by atoms with Crippen LogP contribution in [0, 0.1) is 10.1 Å². The van der Waals surface area contributed by atoms with Crippen molar-refractivity contribution in [2.45, 2.75) is 25.8 Å². The lowest BCUT2D eigenvalue weighted by Crippen LogP contribution is -2.34. The van der Waals surface area contributed by atoms with Crippen molar-refractivity contribution < 1.29 is 14.5 Å². The molecule has 1 rings (SSSR count). The van der Waals surface area contributed by atoms with Crippen LogP contribution in [-0.4, -0.2) is 29.3 Å². The summed E-state index contributed by atoms with van der Waals surface area (Å²) in [5.74, 6) is -0.179. The Balaban J connectivity index is 2.91. The molecule has 0 fully saturated rings. The molecule has 7 heteroatoms. The number of nitro groups is 1. The lowest BCUT2D eigenvalue weighted by Gasteiger charge is -2.15. The number of benzene rings is 1. The lowest BCUT2D eigenvalue weighted by atomic mass is 10.1. The van der Waals surface area contributed by atoms with Gasteiger partial charge in [0, 0.05) is 29.1 Å². The van der Waals surface area contributed by atoms with E-state index in [1.54, 1.807) is 0 Å². The monoisotopic (exact) mass is 344 g/mol. The van der Waals surface area contributed by atoms with Gasteiger partial charge in [-0.05, 0) is 18.9 Å². The number of nitrogens with one attached hydrogen (secondary N) is 1. The number of methoxy groups -OCH3 is 1. The number of carbonyl (C=O) groups is 1. The molecule has 110 valence electrons. The molecule has 1 N–H and O–H groups in total. The fraction of sp³-hybridized carbons (Fsp3) is 0.462. The van der Waals surface area contributed by atoms with Gasteiger partial charge in [0.05, 0.1) is 12.0 Å². The van der Waals surface area contributed by atoms with E-state index in [4.69, 9.17) is 4.74 Å². The third kappa shape index (κ3) is 4.19. The Kier molecular flexibility index (Phi) is 6.44. The van der Waals surface area contributed by atoms with E-state index in [9.17, 15) is 14.9 Å². The highest BCUT2D eigenvalue weighted by atomic mass is 79.9. The summed E-state index contributed by atoms with van der Waals surface area (Å²) < 4.78 is 4.95. The zero-order chi connectivity index (χ0) is 15.1. The number of ether oxygens (including phenoxy) is 1. The van der Waals surface area contributed by atoms with Gasteiger partial charge in [-0.25, -0.2) is 0 Å². The number of amides is 1. The molecular formula is C13H17BrN2O4. The van der Waals surface area contributed by atoms with Crippen molar-refractivity contribution in [1.29, 1.82) is 0 Å². The first-order valence-electron chi connectivity index (χ1n) is 6.22. The lowest BCUT2D eigenvalue weighted by molar-refractivity contribution is -0.385. The Bertz CT molecular complexity index is 493. The molecule has 0 aliphatic rings. The summed E-state index contributed by atoms with van der Waals surface area (Å²) in [4.78, 5) is 22.3. The van der Waals surface area contributed by atoms with Crippen LogP contribution in [0.25, 0.3) is 0 Å². The first-order chi connectivity index (χ1) is 9.53. The molecule has 0 spiro atoms. The van der Waals surface area contributed by atoms with Crippen LogP contribution in [0.3, 0.4) is 0 Å². The molecule has 1 unspecified atom stereocenters. The largest absolute Gasteiger partial charge is 0.490 e. The molecule has 1 aromatic carbocycles. The molecule has 0 aliphatic heterocycles. The summed E-state index contributed by atoms with van der Waals surface area (Å²) in [6.45, 7) is 1.99. The fourth-order valence-electron chi connectivity index (χ4n) is 1.75. The molecule has 0 heterocycles. The van der Waals surface area contributed by atoms with Gasteiger partial charge in [0.15, 0.2) is 5.75 Å². The Hall–Kier alpha value is -1.63. The molecule has 6 nitrogen and oxygen atoms in total. The Morgan fingerprint density at radius 2 is 2.25 bits per heavy atom. The molecule has 0 saturated carbocycles. The summed E-state index contributed by atoms with van der Waals surface area (Å²) in [6, 6.07) is 4.16. The fourth-order valence-corrected chi connectivity index (χ4v) is 2.30. The third-order valence-corrected chi connectivity index (χ3v) is 3.38. The van der Waals surface area contributed by atoms with Crippen molar-refractivity contribution in [3.63, 3.8) is 0 Å². The molecule has 0 saturated heterocycles. The number of nitro benzene ring substituents is 1. The Morgan fingerprint density at radius 3 is 2.75 bits per heavy atom. The predicted octanol–water partition coefficient (Wildman–Crippen LogP) is 2.90. The smallest absolute Gasteiger partial charge is 0.310 e.